The lowest BCUT2D eigenvalue weighted by Gasteiger charge is -2.22. The first kappa shape index (κ1) is 15.1. The van der Waals surface area contributed by atoms with Gasteiger partial charge in [-0.05, 0) is 17.0 Å². The van der Waals surface area contributed by atoms with Crippen LogP contribution in [0.4, 0.5) is 0 Å². The SMILES string of the molecule is CC(C)(C)c1ccccc1Oc1cc(CCl)c(Cl)cn1. The maximum atomic E-state index is 6.00. The highest BCUT2D eigenvalue weighted by molar-refractivity contribution is 6.32. The molecule has 0 radical (unpaired) electrons. The van der Waals surface area contributed by atoms with Gasteiger partial charge in [0.1, 0.15) is 5.75 Å². The number of nitrogens with zero attached hydrogens (tertiary/aromatic N) is 1. The third-order valence-corrected chi connectivity index (χ3v) is 3.59. The summed E-state index contributed by atoms with van der Waals surface area (Å²) in [6.45, 7) is 6.44. The van der Waals surface area contributed by atoms with Crippen molar-refractivity contribution in [2.45, 2.75) is 32.1 Å². The summed E-state index contributed by atoms with van der Waals surface area (Å²) in [5, 5.41) is 0.552. The van der Waals surface area contributed by atoms with Crippen molar-refractivity contribution >= 4 is 23.2 Å². The zero-order valence-electron chi connectivity index (χ0n) is 11.8. The molecule has 2 rings (SSSR count). The quantitative estimate of drug-likeness (QED) is 0.692. The number of aromatic nitrogens is 1. The predicted molar refractivity (Wildman–Crippen MR) is 84.0 cm³/mol. The zero-order valence-corrected chi connectivity index (χ0v) is 13.3. The van der Waals surface area contributed by atoms with E-state index in [0.717, 1.165) is 16.9 Å². The average Bonchev–Trinajstić information content (AvgIpc) is 2.40. The molecule has 0 N–H and O–H groups in total. The van der Waals surface area contributed by atoms with Crippen LogP contribution in [-0.4, -0.2) is 4.98 Å². The minimum atomic E-state index is -0.00165. The Morgan fingerprint density at radius 3 is 2.55 bits per heavy atom. The highest BCUT2D eigenvalue weighted by atomic mass is 35.5. The van der Waals surface area contributed by atoms with Crippen LogP contribution in [0.15, 0.2) is 36.5 Å². The van der Waals surface area contributed by atoms with E-state index in [-0.39, 0.29) is 5.41 Å². The second-order valence-corrected chi connectivity index (χ2v) is 6.27. The van der Waals surface area contributed by atoms with Crippen molar-refractivity contribution in [1.29, 1.82) is 0 Å². The molecule has 2 aromatic rings. The number of rotatable bonds is 3. The summed E-state index contributed by atoms with van der Waals surface area (Å²) in [6.07, 6.45) is 1.56. The molecule has 20 heavy (non-hydrogen) atoms. The van der Waals surface area contributed by atoms with E-state index in [1.807, 2.05) is 18.2 Å². The monoisotopic (exact) mass is 309 g/mol. The number of para-hydroxylation sites is 1. The molecule has 4 heteroatoms. The van der Waals surface area contributed by atoms with Gasteiger partial charge in [0.25, 0.3) is 0 Å². The van der Waals surface area contributed by atoms with Crippen molar-refractivity contribution in [3.05, 3.63) is 52.7 Å². The lowest BCUT2D eigenvalue weighted by molar-refractivity contribution is 0.439. The van der Waals surface area contributed by atoms with E-state index in [4.69, 9.17) is 27.9 Å². The van der Waals surface area contributed by atoms with Crippen molar-refractivity contribution in [1.82, 2.24) is 4.98 Å². The minimum Gasteiger partial charge on any atom is -0.439 e. The largest absolute Gasteiger partial charge is 0.439 e. The van der Waals surface area contributed by atoms with E-state index < -0.39 is 0 Å². The molecule has 1 aromatic carbocycles. The van der Waals surface area contributed by atoms with Crippen LogP contribution in [0.3, 0.4) is 0 Å². The molecule has 1 aromatic heterocycles. The number of benzene rings is 1. The van der Waals surface area contributed by atoms with Crippen molar-refractivity contribution in [3.63, 3.8) is 0 Å². The van der Waals surface area contributed by atoms with E-state index in [1.54, 1.807) is 12.3 Å². The predicted octanol–water partition coefficient (Wildman–Crippen LogP) is 5.56. The molecule has 2 nitrogen and oxygen atoms in total. The van der Waals surface area contributed by atoms with Crippen LogP contribution in [0.1, 0.15) is 31.9 Å². The van der Waals surface area contributed by atoms with Crippen LogP contribution in [0.2, 0.25) is 5.02 Å². The number of halogens is 2. The molecule has 106 valence electrons. The van der Waals surface area contributed by atoms with Crippen molar-refractivity contribution in [2.75, 3.05) is 0 Å². The fraction of sp³-hybridized carbons (Fsp3) is 0.312. The van der Waals surface area contributed by atoms with Gasteiger partial charge in [-0.25, -0.2) is 4.98 Å². The number of pyridine rings is 1. The van der Waals surface area contributed by atoms with Crippen LogP contribution in [0.5, 0.6) is 11.6 Å². The van der Waals surface area contributed by atoms with Gasteiger partial charge in [0.2, 0.25) is 5.88 Å². The van der Waals surface area contributed by atoms with Crippen LogP contribution in [0.25, 0.3) is 0 Å². The first-order valence-electron chi connectivity index (χ1n) is 6.39. The molecule has 0 aliphatic carbocycles. The van der Waals surface area contributed by atoms with E-state index in [9.17, 15) is 0 Å². The van der Waals surface area contributed by atoms with Gasteiger partial charge in [-0.3, -0.25) is 0 Å². The first-order valence-corrected chi connectivity index (χ1v) is 7.31. The van der Waals surface area contributed by atoms with E-state index in [2.05, 4.69) is 31.8 Å². The van der Waals surface area contributed by atoms with Crippen LogP contribution < -0.4 is 4.74 Å². The molecule has 1 heterocycles. The Bertz CT molecular complexity index is 606. The normalized spacial score (nSPS) is 11.4. The average molecular weight is 310 g/mol. The second-order valence-electron chi connectivity index (χ2n) is 5.60. The third kappa shape index (κ3) is 3.44. The summed E-state index contributed by atoms with van der Waals surface area (Å²) in [6, 6.07) is 9.73. The Balaban J connectivity index is 2.36. The fourth-order valence-electron chi connectivity index (χ4n) is 1.90. The fourth-order valence-corrected chi connectivity index (χ4v) is 2.36. The molecular formula is C16H17Cl2NO. The molecule has 0 fully saturated rings. The topological polar surface area (TPSA) is 22.1 Å². The number of ether oxygens (including phenoxy) is 1. The second kappa shape index (κ2) is 6.02. The first-order chi connectivity index (χ1) is 9.41. The molecular weight excluding hydrogens is 293 g/mol. The molecule has 0 atom stereocenters. The molecule has 0 saturated heterocycles. The Morgan fingerprint density at radius 1 is 1.20 bits per heavy atom. The van der Waals surface area contributed by atoms with Gasteiger partial charge in [-0.2, -0.15) is 0 Å². The van der Waals surface area contributed by atoms with Crippen LogP contribution in [-0.2, 0) is 11.3 Å². The van der Waals surface area contributed by atoms with Crippen molar-refractivity contribution in [2.24, 2.45) is 0 Å². The van der Waals surface area contributed by atoms with Gasteiger partial charge in [0, 0.05) is 23.7 Å². The van der Waals surface area contributed by atoms with Crippen molar-refractivity contribution < 1.29 is 4.74 Å². The maximum absolute atomic E-state index is 6.00. The molecule has 0 unspecified atom stereocenters. The van der Waals surface area contributed by atoms with Gasteiger partial charge in [-0.1, -0.05) is 50.6 Å². The lowest BCUT2D eigenvalue weighted by Crippen LogP contribution is -2.12. The van der Waals surface area contributed by atoms with Crippen molar-refractivity contribution in [3.8, 4) is 11.6 Å². The lowest BCUT2D eigenvalue weighted by atomic mass is 9.86. The van der Waals surface area contributed by atoms with E-state index in [0.29, 0.717) is 16.8 Å². The highest BCUT2D eigenvalue weighted by Gasteiger charge is 2.19. The van der Waals surface area contributed by atoms with Gasteiger partial charge < -0.3 is 4.74 Å². The smallest absolute Gasteiger partial charge is 0.219 e. The maximum Gasteiger partial charge on any atom is 0.219 e. The highest BCUT2D eigenvalue weighted by Crippen LogP contribution is 2.34. The molecule has 0 bridgehead atoms. The molecule has 0 aliphatic rings. The molecule has 0 saturated carbocycles. The molecule has 0 amide bonds. The summed E-state index contributed by atoms with van der Waals surface area (Å²) in [5.41, 5.74) is 1.94. The van der Waals surface area contributed by atoms with Gasteiger partial charge in [0.05, 0.1) is 5.02 Å². The standard InChI is InChI=1S/C16H17Cl2NO/c1-16(2,3)12-6-4-5-7-14(12)20-15-8-11(9-17)13(18)10-19-15/h4-8,10H,9H2,1-3H3. The Labute approximate surface area is 129 Å². The summed E-state index contributed by atoms with van der Waals surface area (Å²) >= 11 is 11.8. The van der Waals surface area contributed by atoms with Crippen LogP contribution >= 0.6 is 23.2 Å². The Kier molecular flexibility index (Phi) is 4.56. The number of hydrogen-bond acceptors (Lipinski definition) is 2. The third-order valence-electron chi connectivity index (χ3n) is 2.96. The number of alkyl halides is 1. The Morgan fingerprint density at radius 2 is 1.90 bits per heavy atom. The minimum absolute atomic E-state index is 0.00165. The Hall–Kier alpha value is -1.25. The summed E-state index contributed by atoms with van der Waals surface area (Å²) in [4.78, 5) is 4.19. The molecule has 0 aliphatic heterocycles. The zero-order chi connectivity index (χ0) is 14.8. The summed E-state index contributed by atoms with van der Waals surface area (Å²) in [7, 11) is 0. The number of hydrogen-bond donors (Lipinski definition) is 0. The summed E-state index contributed by atoms with van der Waals surface area (Å²) < 4.78 is 5.91. The summed E-state index contributed by atoms with van der Waals surface area (Å²) in [5.74, 6) is 1.63. The van der Waals surface area contributed by atoms with E-state index in [1.165, 1.54) is 0 Å². The van der Waals surface area contributed by atoms with Gasteiger partial charge >= 0.3 is 0 Å². The molecule has 0 spiro atoms. The van der Waals surface area contributed by atoms with Crippen LogP contribution in [0, 0.1) is 0 Å². The van der Waals surface area contributed by atoms with E-state index >= 15 is 0 Å². The van der Waals surface area contributed by atoms with Gasteiger partial charge in [-0.15, -0.1) is 11.6 Å². The van der Waals surface area contributed by atoms with Gasteiger partial charge in [0.15, 0.2) is 0 Å².